The summed E-state index contributed by atoms with van der Waals surface area (Å²) in [5.74, 6) is -0.0755. The van der Waals surface area contributed by atoms with Gasteiger partial charge in [0.1, 0.15) is 13.2 Å². The number of amides is 2. The zero-order valence-electron chi connectivity index (χ0n) is 20.4. The van der Waals surface area contributed by atoms with Crippen molar-refractivity contribution >= 4 is 50.9 Å². The summed E-state index contributed by atoms with van der Waals surface area (Å²) in [6, 6.07) is 11.4. The minimum Gasteiger partial charge on any atom is -0.493 e. The number of nitrogens with zero attached hydrogens (tertiary/aromatic N) is 1. The number of benzene rings is 2. The van der Waals surface area contributed by atoms with E-state index in [0.717, 1.165) is 32.3 Å². The van der Waals surface area contributed by atoms with Gasteiger partial charge in [-0.25, -0.2) is 0 Å². The molecule has 9 heteroatoms. The van der Waals surface area contributed by atoms with E-state index in [1.165, 1.54) is 0 Å². The Hall–Kier alpha value is -3.04. The maximum atomic E-state index is 12.9. The van der Waals surface area contributed by atoms with Crippen molar-refractivity contribution in [1.29, 1.82) is 0 Å². The number of esters is 1. The Labute approximate surface area is 223 Å². The molecule has 0 aliphatic carbocycles. The van der Waals surface area contributed by atoms with E-state index in [4.69, 9.17) is 14.2 Å². The molecule has 0 radical (unpaired) electrons. The zero-order chi connectivity index (χ0) is 26.2. The first-order valence-corrected chi connectivity index (χ1v) is 13.0. The van der Waals surface area contributed by atoms with Crippen molar-refractivity contribution in [3.63, 3.8) is 0 Å². The molecule has 0 N–H and O–H groups in total. The highest BCUT2D eigenvalue weighted by Crippen LogP contribution is 2.37. The van der Waals surface area contributed by atoms with E-state index >= 15 is 0 Å². The molecule has 0 saturated carbocycles. The van der Waals surface area contributed by atoms with Crippen LogP contribution >= 0.6 is 27.7 Å². The third kappa shape index (κ3) is 7.01. The van der Waals surface area contributed by atoms with E-state index in [1.54, 1.807) is 32.3 Å². The predicted octanol–water partition coefficient (Wildman–Crippen LogP) is 6.14. The van der Waals surface area contributed by atoms with Crippen LogP contribution in [-0.2, 0) is 27.4 Å². The molecule has 2 aromatic carbocycles. The molecule has 0 aromatic heterocycles. The molecule has 190 valence electrons. The largest absolute Gasteiger partial charge is 0.493 e. The molecular weight excluding hydrogens is 546 g/mol. The second-order valence-corrected chi connectivity index (χ2v) is 10.0. The van der Waals surface area contributed by atoms with Crippen LogP contribution in [0.4, 0.5) is 4.79 Å². The number of rotatable bonds is 11. The first-order valence-electron chi connectivity index (χ1n) is 11.4. The topological polar surface area (TPSA) is 82.1 Å². The van der Waals surface area contributed by atoms with Crippen LogP contribution in [0.15, 0.2) is 58.4 Å². The van der Waals surface area contributed by atoms with E-state index in [9.17, 15) is 14.4 Å². The van der Waals surface area contributed by atoms with Crippen LogP contribution in [0.2, 0.25) is 0 Å². The summed E-state index contributed by atoms with van der Waals surface area (Å²) in [4.78, 5) is 38.5. The van der Waals surface area contributed by atoms with Gasteiger partial charge in [0.25, 0.3) is 11.1 Å². The molecule has 1 heterocycles. The third-order valence-corrected chi connectivity index (χ3v) is 6.84. The Morgan fingerprint density at radius 2 is 1.94 bits per heavy atom. The third-order valence-electron chi connectivity index (χ3n) is 5.40. The second-order valence-electron chi connectivity index (χ2n) is 8.10. The van der Waals surface area contributed by atoms with Gasteiger partial charge < -0.3 is 14.2 Å². The van der Waals surface area contributed by atoms with Gasteiger partial charge in [-0.1, -0.05) is 41.1 Å². The van der Waals surface area contributed by atoms with Crippen molar-refractivity contribution in [2.45, 2.75) is 39.4 Å². The van der Waals surface area contributed by atoms with Crippen molar-refractivity contribution in [1.82, 2.24) is 4.90 Å². The van der Waals surface area contributed by atoms with Gasteiger partial charge in [0.2, 0.25) is 0 Å². The van der Waals surface area contributed by atoms with Crippen molar-refractivity contribution in [3.05, 3.63) is 75.1 Å². The lowest BCUT2D eigenvalue weighted by Crippen LogP contribution is -2.35. The Bertz CT molecular complexity index is 1180. The van der Waals surface area contributed by atoms with Crippen LogP contribution in [0, 0.1) is 0 Å². The van der Waals surface area contributed by atoms with Gasteiger partial charge in [0.15, 0.2) is 11.5 Å². The summed E-state index contributed by atoms with van der Waals surface area (Å²) >= 11 is 4.21. The van der Waals surface area contributed by atoms with Crippen LogP contribution in [-0.4, -0.2) is 41.8 Å². The molecule has 0 unspecified atom stereocenters. The van der Waals surface area contributed by atoms with Crippen LogP contribution in [0.5, 0.6) is 11.5 Å². The summed E-state index contributed by atoms with van der Waals surface area (Å²) < 4.78 is 17.9. The minimum absolute atomic E-state index is 0.214. The van der Waals surface area contributed by atoms with E-state index in [0.29, 0.717) is 36.5 Å². The van der Waals surface area contributed by atoms with E-state index < -0.39 is 23.7 Å². The lowest BCUT2D eigenvalue weighted by Gasteiger charge is -2.16. The Morgan fingerprint density at radius 3 is 2.58 bits per heavy atom. The number of ether oxygens (including phenoxy) is 3. The number of methoxy groups -OCH3 is 1. The van der Waals surface area contributed by atoms with Gasteiger partial charge in [-0.2, -0.15) is 0 Å². The summed E-state index contributed by atoms with van der Waals surface area (Å²) in [6.07, 6.45) is 4.23. The normalized spacial score (nSPS) is 15.2. The molecule has 1 fully saturated rings. The Kier molecular flexibility index (Phi) is 9.78. The van der Waals surface area contributed by atoms with Crippen molar-refractivity contribution in [3.8, 4) is 11.5 Å². The smallest absolute Gasteiger partial charge is 0.326 e. The van der Waals surface area contributed by atoms with Gasteiger partial charge in [-0.3, -0.25) is 19.3 Å². The van der Waals surface area contributed by atoms with Gasteiger partial charge >= 0.3 is 5.97 Å². The molecule has 0 bridgehead atoms. The highest BCUT2D eigenvalue weighted by Gasteiger charge is 2.37. The number of hydrogen-bond acceptors (Lipinski definition) is 7. The van der Waals surface area contributed by atoms with Crippen molar-refractivity contribution in [2.75, 3.05) is 13.7 Å². The van der Waals surface area contributed by atoms with Crippen LogP contribution in [0.3, 0.4) is 0 Å². The van der Waals surface area contributed by atoms with E-state index in [-0.39, 0.29) is 11.0 Å². The van der Waals surface area contributed by atoms with E-state index in [1.807, 2.05) is 37.3 Å². The molecule has 7 nitrogen and oxygen atoms in total. The molecule has 1 atom stereocenters. The Morgan fingerprint density at radius 1 is 1.22 bits per heavy atom. The monoisotopic (exact) mass is 573 g/mol. The lowest BCUT2D eigenvalue weighted by molar-refractivity contribution is -0.150. The number of hydrogen-bond donors (Lipinski definition) is 0. The lowest BCUT2D eigenvalue weighted by atomic mass is 10.0. The molecular formula is C27H28BrNO6S. The second kappa shape index (κ2) is 12.8. The number of halogens is 1. The van der Waals surface area contributed by atoms with E-state index in [2.05, 4.69) is 22.5 Å². The quantitative estimate of drug-likeness (QED) is 0.181. The Balaban J connectivity index is 1.83. The fourth-order valence-electron chi connectivity index (χ4n) is 3.39. The summed E-state index contributed by atoms with van der Waals surface area (Å²) in [7, 11) is 1.54. The van der Waals surface area contributed by atoms with Crippen LogP contribution < -0.4 is 9.47 Å². The molecule has 3 rings (SSSR count). The van der Waals surface area contributed by atoms with Gasteiger partial charge in [-0.05, 0) is 73.0 Å². The predicted molar refractivity (Wildman–Crippen MR) is 144 cm³/mol. The molecule has 2 amide bonds. The minimum atomic E-state index is -0.616. The fraction of sp³-hybridized carbons (Fsp3) is 0.296. The molecule has 1 aliphatic rings. The number of carbonyl (C=O) groups excluding carboxylic acids is 3. The zero-order valence-corrected chi connectivity index (χ0v) is 22.8. The maximum Gasteiger partial charge on any atom is 0.326 e. The molecule has 1 aliphatic heterocycles. The van der Waals surface area contributed by atoms with Gasteiger partial charge in [-0.15, -0.1) is 6.58 Å². The molecule has 36 heavy (non-hydrogen) atoms. The number of imide groups is 1. The number of thioether (sulfide) groups is 1. The average Bonchev–Trinajstić information content (AvgIpc) is 3.11. The molecule has 1 saturated heterocycles. The van der Waals surface area contributed by atoms with Crippen LogP contribution in [0.25, 0.3) is 6.08 Å². The summed E-state index contributed by atoms with van der Waals surface area (Å²) in [6.45, 7) is 7.40. The number of carbonyl (C=O) groups is 3. The average molecular weight is 574 g/mol. The summed E-state index contributed by atoms with van der Waals surface area (Å²) in [5.41, 5.74) is 2.48. The maximum absolute atomic E-state index is 12.9. The van der Waals surface area contributed by atoms with Crippen LogP contribution in [0.1, 0.15) is 37.0 Å². The summed E-state index contributed by atoms with van der Waals surface area (Å²) in [5, 5.41) is -0.514. The van der Waals surface area contributed by atoms with Crippen molar-refractivity contribution < 1.29 is 28.6 Å². The standard InChI is InChI=1S/C27H28BrNO6S/c1-5-7-20-12-19(13-22(33-4)25(20)34-16-18-8-10-21(28)11-9-18)14-23-26(31)29(27(32)36-23)15-24(30)35-17(3)6-2/h5,8-14,17H,1,6-7,15-16H2,2-4H3/b23-14-/t17-/m1/s1. The van der Waals surface area contributed by atoms with Gasteiger partial charge in [0, 0.05) is 10.0 Å². The fourth-order valence-corrected chi connectivity index (χ4v) is 4.49. The SMILES string of the molecule is C=CCc1cc(/C=C2\SC(=O)N(CC(=O)O[C@H](C)CC)C2=O)cc(OC)c1OCc1ccc(Br)cc1. The molecule has 2 aromatic rings. The first kappa shape index (κ1) is 27.5. The highest BCUT2D eigenvalue weighted by atomic mass is 79.9. The first-order chi connectivity index (χ1) is 17.2. The number of allylic oxidation sites excluding steroid dienone is 1. The highest BCUT2D eigenvalue weighted by molar-refractivity contribution is 9.10. The molecule has 0 spiro atoms. The van der Waals surface area contributed by atoms with Crippen molar-refractivity contribution in [2.24, 2.45) is 0 Å². The van der Waals surface area contributed by atoms with Gasteiger partial charge in [0.05, 0.1) is 18.1 Å².